The van der Waals surface area contributed by atoms with Gasteiger partial charge in [-0.15, -0.1) is 11.3 Å². The molecular formula is C55H72ClN11O6S2. The van der Waals surface area contributed by atoms with Crippen LogP contribution in [-0.4, -0.2) is 116 Å². The molecule has 402 valence electrons. The maximum absolute atomic E-state index is 13.7. The van der Waals surface area contributed by atoms with Gasteiger partial charge in [0.2, 0.25) is 17.7 Å². The average Bonchev–Trinajstić information content (AvgIpc) is 4.22. The number of likely N-dealkylation sites (tertiary alicyclic amines) is 1. The molecule has 7 rings (SSSR count). The number of aliphatic hydroxyl groups excluding tert-OH is 1. The van der Waals surface area contributed by atoms with Gasteiger partial charge in [-0.2, -0.15) is 0 Å². The average molecular weight is 1080 g/mol. The lowest BCUT2D eigenvalue weighted by Gasteiger charge is -2.49. The summed E-state index contributed by atoms with van der Waals surface area (Å²) in [5.74, 6) is 1.27. The summed E-state index contributed by atoms with van der Waals surface area (Å²) in [4.78, 5) is 92.0. The van der Waals surface area contributed by atoms with E-state index in [1.807, 2.05) is 67.4 Å². The highest BCUT2D eigenvalue weighted by molar-refractivity contribution is 7.17. The number of benzene rings is 2. The number of halogens is 1. The summed E-state index contributed by atoms with van der Waals surface area (Å²) in [6, 6.07) is 14.7. The van der Waals surface area contributed by atoms with E-state index in [1.165, 1.54) is 17.5 Å². The van der Waals surface area contributed by atoms with Gasteiger partial charge in [0, 0.05) is 69.8 Å². The highest BCUT2D eigenvalue weighted by atomic mass is 35.5. The minimum Gasteiger partial charge on any atom is -0.396 e. The molecule has 75 heavy (non-hydrogen) atoms. The smallest absolute Gasteiger partial charge is 0.267 e. The van der Waals surface area contributed by atoms with Crippen LogP contribution in [0.2, 0.25) is 5.02 Å². The van der Waals surface area contributed by atoms with Gasteiger partial charge in [0.1, 0.15) is 22.3 Å². The second-order valence-electron chi connectivity index (χ2n) is 20.1. The molecule has 2 fully saturated rings. The quantitative estimate of drug-likeness (QED) is 0.0258. The first-order valence-corrected chi connectivity index (χ1v) is 28.3. The molecule has 2 aromatic carbocycles. The number of hydrogen-bond acceptors (Lipinski definition) is 15. The van der Waals surface area contributed by atoms with E-state index in [0.717, 1.165) is 83.8 Å². The third-order valence-electron chi connectivity index (χ3n) is 14.2. The lowest BCUT2D eigenvalue weighted by molar-refractivity contribution is -0.151. The van der Waals surface area contributed by atoms with E-state index in [0.29, 0.717) is 104 Å². The van der Waals surface area contributed by atoms with E-state index in [4.69, 9.17) is 11.6 Å². The summed E-state index contributed by atoms with van der Waals surface area (Å²) in [6.07, 6.45) is 14.4. The zero-order chi connectivity index (χ0) is 53.5. The standard InChI is InChI=1S/C55H72ClN11O6S2/c1-6-48-57-33-43(74-48)40-24-22-39(23-25-40)32-58-51(72)42-19-16-26-67(42)55(36-69,54(4,5)35-68)64-47(70)20-13-11-9-7-8-10-12-14-21-49(71)66-29-27-65(28-30-66)46-31-45(60-38(3)61-46)62-53-59-34-44(75-53)52(73)63-50-37(2)17-15-18-41(50)56/h15,17-18,22-25,31,33-34,36,42,68H,6-14,16,19-21,26-30,32,35H2,1-5H3,(H,58,72)(H,63,73)(H,64,70)(H,59,60,61,62)/t42?,55-/m1/s1. The summed E-state index contributed by atoms with van der Waals surface area (Å²) < 4.78 is 0. The van der Waals surface area contributed by atoms with Crippen LogP contribution in [0.3, 0.4) is 0 Å². The van der Waals surface area contributed by atoms with Crippen molar-refractivity contribution in [3.8, 4) is 10.4 Å². The number of aliphatic hydroxyl groups is 1. The van der Waals surface area contributed by atoms with Gasteiger partial charge in [-0.1, -0.05) is 119 Å². The van der Waals surface area contributed by atoms with Gasteiger partial charge in [-0.05, 0) is 68.7 Å². The number of nitrogens with one attached hydrogen (secondary N) is 4. The van der Waals surface area contributed by atoms with Crippen molar-refractivity contribution in [1.29, 1.82) is 0 Å². The molecule has 2 aliphatic rings. The summed E-state index contributed by atoms with van der Waals surface area (Å²) in [7, 11) is 0. The van der Waals surface area contributed by atoms with E-state index in [-0.39, 0.29) is 36.7 Å². The van der Waals surface area contributed by atoms with Gasteiger partial charge in [-0.25, -0.2) is 19.9 Å². The number of unbranched alkanes of at least 4 members (excludes halogenated alkanes) is 7. The number of aryl methyl sites for hydroxylation is 3. The SMILES string of the molecule is CCc1ncc(-c2ccc(CNC(=O)C3CCCN3[C@@](C=O)(NC(=O)CCCCCCCCCCC(=O)N3CCN(c4cc(Nc5ncc(C(=O)Nc6c(C)cccc6Cl)s5)nc(C)n4)CC3)C(C)(C)CO)cc2)s1. The van der Waals surface area contributed by atoms with E-state index in [9.17, 15) is 29.1 Å². The van der Waals surface area contributed by atoms with E-state index in [1.54, 1.807) is 36.2 Å². The van der Waals surface area contributed by atoms with Crippen LogP contribution in [0.1, 0.15) is 129 Å². The molecule has 0 spiro atoms. The van der Waals surface area contributed by atoms with Gasteiger partial charge in [0.15, 0.2) is 17.1 Å². The summed E-state index contributed by atoms with van der Waals surface area (Å²) in [6.45, 7) is 12.2. The minimum atomic E-state index is -1.57. The summed E-state index contributed by atoms with van der Waals surface area (Å²) in [5.41, 5.74) is 0.806. The molecule has 2 aliphatic heterocycles. The number of nitrogens with zero attached hydrogens (tertiary/aromatic N) is 7. The normalized spacial score (nSPS) is 15.9. The number of anilines is 4. The number of aldehydes is 1. The lowest BCUT2D eigenvalue weighted by Crippen LogP contribution is -2.72. The Morgan fingerprint density at radius 2 is 1.57 bits per heavy atom. The van der Waals surface area contributed by atoms with Crippen molar-refractivity contribution in [2.24, 2.45) is 5.41 Å². The third-order valence-corrected chi connectivity index (χ3v) is 16.7. The second-order valence-corrected chi connectivity index (χ2v) is 22.7. The summed E-state index contributed by atoms with van der Waals surface area (Å²) >= 11 is 9.19. The largest absolute Gasteiger partial charge is 0.396 e. The molecular weight excluding hydrogens is 1010 g/mol. The highest BCUT2D eigenvalue weighted by Gasteiger charge is 2.55. The van der Waals surface area contributed by atoms with Crippen LogP contribution in [0.25, 0.3) is 10.4 Å². The van der Waals surface area contributed by atoms with Crippen molar-refractivity contribution in [3.63, 3.8) is 0 Å². The number of piperazine rings is 1. The molecule has 17 nitrogen and oxygen atoms in total. The van der Waals surface area contributed by atoms with E-state index < -0.39 is 17.1 Å². The molecule has 0 aliphatic carbocycles. The monoisotopic (exact) mass is 1080 g/mol. The molecule has 20 heteroatoms. The van der Waals surface area contributed by atoms with E-state index in [2.05, 4.69) is 53.0 Å². The number of hydrogen-bond donors (Lipinski definition) is 5. The molecule has 2 atom stereocenters. The van der Waals surface area contributed by atoms with Gasteiger partial charge in [-0.3, -0.25) is 28.9 Å². The molecule has 0 radical (unpaired) electrons. The molecule has 0 saturated carbocycles. The predicted molar refractivity (Wildman–Crippen MR) is 298 cm³/mol. The van der Waals surface area contributed by atoms with Gasteiger partial charge in [0.25, 0.3) is 5.91 Å². The Hall–Kier alpha value is -5.86. The Bertz CT molecular complexity index is 2720. The van der Waals surface area contributed by atoms with Gasteiger partial charge < -0.3 is 36.2 Å². The molecule has 2 saturated heterocycles. The van der Waals surface area contributed by atoms with Crippen molar-refractivity contribution in [3.05, 3.63) is 92.8 Å². The molecule has 0 bridgehead atoms. The lowest BCUT2D eigenvalue weighted by atomic mass is 9.77. The van der Waals surface area contributed by atoms with Gasteiger partial charge in [0.05, 0.1) is 39.4 Å². The van der Waals surface area contributed by atoms with Crippen LogP contribution in [0, 0.1) is 19.3 Å². The Morgan fingerprint density at radius 1 is 0.867 bits per heavy atom. The molecule has 1 unspecified atom stereocenters. The van der Waals surface area contributed by atoms with Gasteiger partial charge >= 0.3 is 0 Å². The topological polar surface area (TPSA) is 215 Å². The third kappa shape index (κ3) is 14.8. The number of carbonyl (C=O) groups excluding carboxylic acids is 5. The first-order valence-electron chi connectivity index (χ1n) is 26.3. The highest BCUT2D eigenvalue weighted by Crippen LogP contribution is 2.38. The maximum Gasteiger partial charge on any atom is 0.267 e. The maximum atomic E-state index is 13.7. The molecule has 4 amide bonds. The Kier molecular flexibility index (Phi) is 20.3. The predicted octanol–water partition coefficient (Wildman–Crippen LogP) is 9.25. The van der Waals surface area contributed by atoms with Crippen molar-refractivity contribution in [2.75, 3.05) is 54.9 Å². The van der Waals surface area contributed by atoms with Crippen LogP contribution in [-0.2, 0) is 32.1 Å². The van der Waals surface area contributed by atoms with E-state index >= 15 is 0 Å². The zero-order valence-electron chi connectivity index (χ0n) is 43.9. The number of para-hydroxylation sites is 1. The van der Waals surface area contributed by atoms with Crippen molar-refractivity contribution in [1.82, 2.24) is 40.4 Å². The number of thiazole rings is 2. The fourth-order valence-corrected chi connectivity index (χ4v) is 11.6. The molecule has 5 aromatic rings. The molecule has 3 aromatic heterocycles. The fraction of sp³-hybridized carbons (Fsp3) is 0.509. The number of amides is 4. The van der Waals surface area contributed by atoms with Crippen LogP contribution in [0.5, 0.6) is 0 Å². The van der Waals surface area contributed by atoms with Crippen LogP contribution < -0.4 is 26.2 Å². The fourth-order valence-electron chi connectivity index (χ4n) is 9.70. The second kappa shape index (κ2) is 26.8. The number of carbonyl (C=O) groups is 5. The molecule has 5 N–H and O–H groups in total. The molecule has 5 heterocycles. The van der Waals surface area contributed by atoms with Crippen molar-refractivity contribution >= 4 is 86.6 Å². The van der Waals surface area contributed by atoms with Crippen LogP contribution in [0.4, 0.5) is 22.5 Å². The first kappa shape index (κ1) is 56.9. The van der Waals surface area contributed by atoms with Crippen molar-refractivity contribution in [2.45, 2.75) is 136 Å². The Morgan fingerprint density at radius 3 is 2.24 bits per heavy atom. The Balaban J connectivity index is 0.769. The summed E-state index contributed by atoms with van der Waals surface area (Å²) in [5, 5.41) is 24.8. The Labute approximate surface area is 453 Å². The van der Waals surface area contributed by atoms with Crippen LogP contribution in [0.15, 0.2) is 60.9 Å². The number of rotatable bonds is 26. The first-order chi connectivity index (χ1) is 36.1. The minimum absolute atomic E-state index is 0.169. The number of aromatic nitrogens is 4. The van der Waals surface area contributed by atoms with Crippen LogP contribution >= 0.6 is 34.3 Å². The van der Waals surface area contributed by atoms with Crippen molar-refractivity contribution < 1.29 is 29.1 Å². The zero-order valence-corrected chi connectivity index (χ0v) is 46.3.